The highest BCUT2D eigenvalue weighted by Crippen LogP contribution is 2.53. The largest absolute Gasteiger partial charge is 0.490 e. The van der Waals surface area contributed by atoms with Gasteiger partial charge in [0.15, 0.2) is 6.10 Å². The number of aliphatic hydroxyl groups is 5. The van der Waals surface area contributed by atoms with Crippen LogP contribution in [0.1, 0.15) is 49.7 Å². The molecule has 1 aromatic heterocycles. The molecule has 308 valence electrons. The van der Waals surface area contributed by atoms with Crippen molar-refractivity contribution < 1.29 is 56.6 Å². The molecule has 0 spiro atoms. The summed E-state index contributed by atoms with van der Waals surface area (Å²) in [5, 5.41) is 49.5. The lowest BCUT2D eigenvalue weighted by Gasteiger charge is -2.30. The number of para-hydroxylation sites is 1. The van der Waals surface area contributed by atoms with E-state index >= 15 is 0 Å². The number of hydrogen-bond acceptors (Lipinski definition) is 13. The molecule has 0 saturated heterocycles. The minimum absolute atomic E-state index is 0.00763. The van der Waals surface area contributed by atoms with Gasteiger partial charge in [-0.1, -0.05) is 29.8 Å². The van der Waals surface area contributed by atoms with Crippen molar-refractivity contribution in [3.63, 3.8) is 0 Å². The SMILES string of the molecule is CN(CCCCN(CCS(C)(=O)=O)C(=O)[C@@H](O)[C@@H](O)[C@H](O)[C@@H](O)CO)S(=O)(=O)c1ccc(Cl)c(COC2(c3cnccc3-c3ccccc3OC3CC3)CC2)c1. The van der Waals surface area contributed by atoms with E-state index in [1.165, 1.54) is 25.2 Å². The van der Waals surface area contributed by atoms with Gasteiger partial charge in [-0.25, -0.2) is 21.1 Å². The van der Waals surface area contributed by atoms with E-state index in [0.717, 1.165) is 63.6 Å². The van der Waals surface area contributed by atoms with Crippen molar-refractivity contribution in [3.05, 3.63) is 77.1 Å². The molecule has 5 N–H and O–H groups in total. The molecule has 0 unspecified atom stereocenters. The fraction of sp³-hybridized carbons (Fsp3) is 0.526. The second-order valence-corrected chi connectivity index (χ2v) is 19.1. The van der Waals surface area contributed by atoms with Gasteiger partial charge >= 0.3 is 0 Å². The summed E-state index contributed by atoms with van der Waals surface area (Å²) in [6, 6.07) is 14.2. The van der Waals surface area contributed by atoms with Crippen molar-refractivity contribution in [2.45, 2.75) is 86.1 Å². The predicted octanol–water partition coefficient (Wildman–Crippen LogP) is 1.86. The Labute approximate surface area is 332 Å². The highest BCUT2D eigenvalue weighted by molar-refractivity contribution is 7.90. The normalized spacial score (nSPS) is 17.6. The van der Waals surface area contributed by atoms with Gasteiger partial charge in [-0.15, -0.1) is 0 Å². The molecule has 56 heavy (non-hydrogen) atoms. The average molecular weight is 840 g/mol. The number of hydrogen-bond donors (Lipinski definition) is 5. The number of amides is 1. The number of aromatic nitrogens is 1. The zero-order valence-electron chi connectivity index (χ0n) is 31.3. The Morgan fingerprint density at radius 3 is 2.32 bits per heavy atom. The zero-order chi connectivity index (χ0) is 40.8. The van der Waals surface area contributed by atoms with Crippen LogP contribution in [-0.2, 0) is 41.6 Å². The molecular weight excluding hydrogens is 790 g/mol. The van der Waals surface area contributed by atoms with Crippen molar-refractivity contribution in [3.8, 4) is 16.9 Å². The highest BCUT2D eigenvalue weighted by Gasteiger charge is 2.48. The van der Waals surface area contributed by atoms with Gasteiger partial charge in [-0.05, 0) is 80.0 Å². The molecule has 18 heteroatoms. The maximum atomic E-state index is 13.7. The van der Waals surface area contributed by atoms with Crippen molar-refractivity contribution >= 4 is 37.4 Å². The van der Waals surface area contributed by atoms with Crippen LogP contribution in [0.5, 0.6) is 5.75 Å². The number of carbonyl (C=O) groups is 1. The summed E-state index contributed by atoms with van der Waals surface area (Å²) in [5.41, 5.74) is 2.64. The molecular formula is C38H50ClN3O12S2. The van der Waals surface area contributed by atoms with Gasteiger partial charge in [-0.3, -0.25) is 9.78 Å². The molecule has 0 aliphatic heterocycles. The first-order valence-electron chi connectivity index (χ1n) is 18.4. The summed E-state index contributed by atoms with van der Waals surface area (Å²) in [4.78, 5) is 18.4. The average Bonchev–Trinajstić information content (AvgIpc) is 4.13. The Morgan fingerprint density at radius 1 is 0.964 bits per heavy atom. The number of halogens is 1. The van der Waals surface area contributed by atoms with E-state index in [9.17, 15) is 42.1 Å². The maximum absolute atomic E-state index is 13.7. The van der Waals surface area contributed by atoms with Crippen molar-refractivity contribution in [2.24, 2.45) is 0 Å². The number of rotatable bonds is 22. The third-order valence-corrected chi connectivity index (χ3v) is 13.1. The van der Waals surface area contributed by atoms with E-state index in [1.807, 2.05) is 30.3 Å². The Balaban J connectivity index is 1.22. The Hall–Kier alpha value is -3.23. The number of ether oxygens (including phenoxy) is 2. The Morgan fingerprint density at radius 2 is 1.66 bits per heavy atom. The molecule has 2 aromatic carbocycles. The maximum Gasteiger partial charge on any atom is 0.254 e. The van der Waals surface area contributed by atoms with E-state index < -0.39 is 68.1 Å². The molecule has 15 nitrogen and oxygen atoms in total. The van der Waals surface area contributed by atoms with Gasteiger partial charge < -0.3 is 39.9 Å². The minimum atomic E-state index is -4.02. The first-order chi connectivity index (χ1) is 26.5. The van der Waals surface area contributed by atoms with Gasteiger partial charge in [-0.2, -0.15) is 0 Å². The van der Waals surface area contributed by atoms with Crippen molar-refractivity contribution in [2.75, 3.05) is 45.3 Å². The van der Waals surface area contributed by atoms with Crippen LogP contribution in [0.4, 0.5) is 0 Å². The van der Waals surface area contributed by atoms with E-state index in [4.69, 9.17) is 26.2 Å². The number of nitrogens with zero attached hydrogens (tertiary/aromatic N) is 3. The fourth-order valence-electron chi connectivity index (χ4n) is 6.19. The number of pyridine rings is 1. The molecule has 0 radical (unpaired) electrons. The molecule has 0 bridgehead atoms. The van der Waals surface area contributed by atoms with Gasteiger partial charge in [0.05, 0.1) is 35.6 Å². The van der Waals surface area contributed by atoms with Crippen LogP contribution in [-0.4, -0.2) is 138 Å². The van der Waals surface area contributed by atoms with Crippen LogP contribution < -0.4 is 4.74 Å². The summed E-state index contributed by atoms with van der Waals surface area (Å²) in [6.45, 7) is -1.37. The van der Waals surface area contributed by atoms with Gasteiger partial charge in [0, 0.05) is 61.5 Å². The lowest BCUT2D eigenvalue weighted by Crippen LogP contribution is -2.53. The van der Waals surface area contributed by atoms with Crippen molar-refractivity contribution in [1.29, 1.82) is 0 Å². The fourth-order valence-corrected chi connectivity index (χ4v) is 8.18. The van der Waals surface area contributed by atoms with Crippen LogP contribution in [0.15, 0.2) is 65.8 Å². The van der Waals surface area contributed by atoms with Crippen LogP contribution in [0.2, 0.25) is 5.02 Å². The minimum Gasteiger partial charge on any atom is -0.490 e. The third kappa shape index (κ3) is 11.0. The predicted molar refractivity (Wildman–Crippen MR) is 207 cm³/mol. The molecule has 3 aromatic rings. The molecule has 5 rings (SSSR count). The molecule has 2 aliphatic rings. The van der Waals surface area contributed by atoms with Crippen LogP contribution in [0.25, 0.3) is 11.1 Å². The van der Waals surface area contributed by atoms with E-state index in [-0.39, 0.29) is 50.1 Å². The van der Waals surface area contributed by atoms with E-state index in [2.05, 4.69) is 4.98 Å². The monoisotopic (exact) mass is 839 g/mol. The summed E-state index contributed by atoms with van der Waals surface area (Å²) < 4.78 is 64.9. The van der Waals surface area contributed by atoms with Gasteiger partial charge in [0.2, 0.25) is 10.0 Å². The van der Waals surface area contributed by atoms with Crippen LogP contribution >= 0.6 is 11.6 Å². The van der Waals surface area contributed by atoms with Crippen molar-refractivity contribution in [1.82, 2.24) is 14.2 Å². The number of sulfone groups is 1. The van der Waals surface area contributed by atoms with Crippen LogP contribution in [0, 0.1) is 0 Å². The molecule has 2 fully saturated rings. The lowest BCUT2D eigenvalue weighted by molar-refractivity contribution is -0.158. The topological polar surface area (TPSA) is 224 Å². The Bertz CT molecular complexity index is 2050. The molecule has 1 amide bonds. The lowest BCUT2D eigenvalue weighted by atomic mass is 9.96. The summed E-state index contributed by atoms with van der Waals surface area (Å²) in [6.07, 6.45) is 0.331. The molecule has 4 atom stereocenters. The number of sulfonamides is 1. The van der Waals surface area contributed by atoms with Crippen LogP contribution in [0.3, 0.4) is 0 Å². The first kappa shape index (κ1) is 43.9. The Kier molecular flexibility index (Phi) is 14.6. The number of aliphatic hydroxyl groups excluding tert-OH is 5. The quantitative estimate of drug-likeness (QED) is 0.0913. The highest BCUT2D eigenvalue weighted by atomic mass is 35.5. The molecule has 1 heterocycles. The number of unbranched alkanes of at least 4 members (excludes halogenated alkanes) is 1. The first-order valence-corrected chi connectivity index (χ1v) is 22.2. The molecule has 2 aliphatic carbocycles. The second kappa shape index (κ2) is 18.6. The molecule has 2 saturated carbocycles. The van der Waals surface area contributed by atoms with Gasteiger partial charge in [0.1, 0.15) is 33.9 Å². The van der Waals surface area contributed by atoms with E-state index in [1.54, 1.807) is 12.4 Å². The van der Waals surface area contributed by atoms with E-state index in [0.29, 0.717) is 10.6 Å². The summed E-state index contributed by atoms with van der Waals surface area (Å²) in [5.74, 6) is -0.775. The zero-order valence-corrected chi connectivity index (χ0v) is 33.7. The summed E-state index contributed by atoms with van der Waals surface area (Å²) in [7, 11) is -6.17. The standard InChI is InChI=1S/C38H50ClN3O12S2/c1-41(17-5-6-18-42(19-20-55(2,49)50)37(48)36(47)35(46)34(45)32(44)23-43)56(51,52)27-11-12-31(39)25(21-27)24-53-38(14-15-38)30-22-40-16-13-28(30)29-7-3-4-8-33(29)54-26-9-10-26/h3-4,7-8,11-13,16,21-22,26,32,34-36,43-47H,5-6,9-10,14-15,17-20,23-24H2,1-2H3/t32-,34+,35-,36-/m0/s1. The van der Waals surface area contributed by atoms with Gasteiger partial charge in [0.25, 0.3) is 5.91 Å². The smallest absolute Gasteiger partial charge is 0.254 e. The number of benzene rings is 2. The summed E-state index contributed by atoms with van der Waals surface area (Å²) >= 11 is 6.56. The second-order valence-electron chi connectivity index (χ2n) is 14.4. The third-order valence-electron chi connectivity index (χ3n) is 9.94. The number of carbonyl (C=O) groups excluding carboxylic acids is 1.